The predicted molar refractivity (Wildman–Crippen MR) is 94.5 cm³/mol. The van der Waals surface area contributed by atoms with Gasteiger partial charge in [0.2, 0.25) is 5.91 Å². The molecule has 24 heavy (non-hydrogen) atoms. The minimum absolute atomic E-state index is 0.0265. The summed E-state index contributed by atoms with van der Waals surface area (Å²) in [4.78, 5) is 11.7. The third-order valence-electron chi connectivity index (χ3n) is 3.47. The van der Waals surface area contributed by atoms with Crippen LogP contribution in [0.4, 0.5) is 0 Å². The van der Waals surface area contributed by atoms with Gasteiger partial charge in [-0.15, -0.1) is 0 Å². The predicted octanol–water partition coefficient (Wildman–Crippen LogP) is 2.02. The molecule has 0 unspecified atom stereocenters. The Balaban J connectivity index is 1.51. The lowest BCUT2D eigenvalue weighted by Crippen LogP contribution is -2.36. The van der Waals surface area contributed by atoms with Crippen molar-refractivity contribution in [2.45, 2.75) is 6.42 Å². The second kappa shape index (κ2) is 10.3. The molecule has 0 atom stereocenters. The zero-order valence-corrected chi connectivity index (χ0v) is 14.0. The van der Waals surface area contributed by atoms with Gasteiger partial charge in [-0.2, -0.15) is 0 Å². The highest BCUT2D eigenvalue weighted by Gasteiger charge is 2.01. The molecule has 0 fully saturated rings. The van der Waals surface area contributed by atoms with E-state index in [-0.39, 0.29) is 5.91 Å². The molecule has 0 aliphatic carbocycles. The van der Waals surface area contributed by atoms with E-state index in [1.54, 1.807) is 7.11 Å². The summed E-state index contributed by atoms with van der Waals surface area (Å²) in [6, 6.07) is 17.6. The lowest BCUT2D eigenvalue weighted by atomic mass is 10.1. The molecule has 0 bridgehead atoms. The Labute approximate surface area is 143 Å². The fourth-order valence-corrected chi connectivity index (χ4v) is 2.17. The molecule has 0 saturated carbocycles. The Bertz CT molecular complexity index is 600. The van der Waals surface area contributed by atoms with E-state index in [0.29, 0.717) is 19.7 Å². The van der Waals surface area contributed by atoms with Crippen LogP contribution in [0.25, 0.3) is 0 Å². The highest BCUT2D eigenvalue weighted by molar-refractivity contribution is 5.77. The fraction of sp³-hybridized carbons (Fsp3) is 0.316. The van der Waals surface area contributed by atoms with E-state index in [2.05, 4.69) is 22.8 Å². The van der Waals surface area contributed by atoms with E-state index in [4.69, 9.17) is 9.47 Å². The van der Waals surface area contributed by atoms with Gasteiger partial charge < -0.3 is 20.1 Å². The van der Waals surface area contributed by atoms with Crippen molar-refractivity contribution >= 4 is 5.91 Å². The summed E-state index contributed by atoms with van der Waals surface area (Å²) in [5.41, 5.74) is 1.26. The first-order chi connectivity index (χ1) is 11.8. The molecule has 1 amide bonds. The van der Waals surface area contributed by atoms with E-state index in [0.717, 1.165) is 24.5 Å². The molecule has 0 aliphatic heterocycles. The van der Waals surface area contributed by atoms with Crippen LogP contribution in [0.2, 0.25) is 0 Å². The quantitative estimate of drug-likeness (QED) is 0.655. The van der Waals surface area contributed by atoms with Crippen molar-refractivity contribution in [1.29, 1.82) is 0 Å². The van der Waals surface area contributed by atoms with Crippen LogP contribution in [0.1, 0.15) is 5.56 Å². The van der Waals surface area contributed by atoms with Crippen molar-refractivity contribution in [3.63, 3.8) is 0 Å². The van der Waals surface area contributed by atoms with Crippen LogP contribution >= 0.6 is 0 Å². The summed E-state index contributed by atoms with van der Waals surface area (Å²) in [7, 11) is 1.62. The number of nitrogens with one attached hydrogen (secondary N) is 2. The van der Waals surface area contributed by atoms with Gasteiger partial charge in [-0.3, -0.25) is 4.79 Å². The van der Waals surface area contributed by atoms with Crippen molar-refractivity contribution < 1.29 is 14.3 Å². The summed E-state index contributed by atoms with van der Waals surface area (Å²) < 4.78 is 10.6. The third kappa shape index (κ3) is 6.71. The Kier molecular flexibility index (Phi) is 7.63. The zero-order chi connectivity index (χ0) is 17.0. The third-order valence-corrected chi connectivity index (χ3v) is 3.47. The average molecular weight is 328 g/mol. The van der Waals surface area contributed by atoms with Gasteiger partial charge in [0.1, 0.15) is 18.1 Å². The van der Waals surface area contributed by atoms with Crippen LogP contribution in [0.15, 0.2) is 54.6 Å². The lowest BCUT2D eigenvalue weighted by Gasteiger charge is -2.09. The molecule has 2 N–H and O–H groups in total. The van der Waals surface area contributed by atoms with Gasteiger partial charge in [-0.25, -0.2) is 0 Å². The molecule has 2 aromatic rings. The maximum Gasteiger partial charge on any atom is 0.234 e. The summed E-state index contributed by atoms with van der Waals surface area (Å²) in [5, 5.41) is 5.96. The molecule has 0 aliphatic rings. The second-order valence-corrected chi connectivity index (χ2v) is 5.29. The molecule has 128 valence electrons. The second-order valence-electron chi connectivity index (χ2n) is 5.29. The monoisotopic (exact) mass is 328 g/mol. The van der Waals surface area contributed by atoms with E-state index >= 15 is 0 Å². The average Bonchev–Trinajstić information content (AvgIpc) is 2.64. The molecule has 2 aromatic carbocycles. The molecule has 0 saturated heterocycles. The zero-order valence-electron chi connectivity index (χ0n) is 14.0. The molecular formula is C19H24N2O3. The molecule has 0 heterocycles. The van der Waals surface area contributed by atoms with Gasteiger partial charge in [0, 0.05) is 0 Å². The number of carbonyl (C=O) groups excluding carboxylic acids is 1. The smallest absolute Gasteiger partial charge is 0.234 e. The van der Waals surface area contributed by atoms with Crippen LogP contribution in [0.5, 0.6) is 11.5 Å². The number of amides is 1. The van der Waals surface area contributed by atoms with Gasteiger partial charge in [-0.05, 0) is 42.8 Å². The maximum atomic E-state index is 11.7. The number of benzene rings is 2. The van der Waals surface area contributed by atoms with Gasteiger partial charge >= 0.3 is 0 Å². The van der Waals surface area contributed by atoms with Crippen LogP contribution in [-0.2, 0) is 11.2 Å². The first-order valence-corrected chi connectivity index (χ1v) is 8.06. The van der Waals surface area contributed by atoms with Gasteiger partial charge in [0.25, 0.3) is 0 Å². The largest absolute Gasteiger partial charge is 0.497 e. The molecule has 2 rings (SSSR count). The highest BCUT2D eigenvalue weighted by atomic mass is 16.5. The van der Waals surface area contributed by atoms with Crippen molar-refractivity contribution in [1.82, 2.24) is 10.6 Å². The van der Waals surface area contributed by atoms with Crippen molar-refractivity contribution in [3.8, 4) is 11.5 Å². The summed E-state index contributed by atoms with van der Waals surface area (Å²) in [6.45, 7) is 2.00. The van der Waals surface area contributed by atoms with E-state index in [1.807, 2.05) is 42.5 Å². The number of rotatable bonds is 10. The number of hydrogen-bond acceptors (Lipinski definition) is 4. The minimum Gasteiger partial charge on any atom is -0.497 e. The minimum atomic E-state index is -0.0265. The number of ether oxygens (including phenoxy) is 2. The molecule has 5 nitrogen and oxygen atoms in total. The normalized spacial score (nSPS) is 10.2. The van der Waals surface area contributed by atoms with Crippen LogP contribution < -0.4 is 20.1 Å². The van der Waals surface area contributed by atoms with Gasteiger partial charge in [0.05, 0.1) is 20.2 Å². The first kappa shape index (κ1) is 17.8. The van der Waals surface area contributed by atoms with Crippen molar-refractivity contribution in [2.24, 2.45) is 0 Å². The van der Waals surface area contributed by atoms with Crippen LogP contribution in [-0.4, -0.2) is 39.3 Å². The van der Waals surface area contributed by atoms with Gasteiger partial charge in [-0.1, -0.05) is 30.3 Å². The van der Waals surface area contributed by atoms with Crippen LogP contribution in [0, 0.1) is 0 Å². The Morgan fingerprint density at radius 3 is 2.38 bits per heavy atom. The molecule has 0 aromatic heterocycles. The van der Waals surface area contributed by atoms with Crippen LogP contribution in [0.3, 0.4) is 0 Å². The summed E-state index contributed by atoms with van der Waals surface area (Å²) in [6.07, 6.45) is 0.911. The first-order valence-electron chi connectivity index (χ1n) is 8.06. The molecule has 0 radical (unpaired) electrons. The van der Waals surface area contributed by atoms with Gasteiger partial charge in [0.15, 0.2) is 0 Å². The fourth-order valence-electron chi connectivity index (χ4n) is 2.17. The van der Waals surface area contributed by atoms with E-state index in [1.165, 1.54) is 5.56 Å². The van der Waals surface area contributed by atoms with Crippen molar-refractivity contribution in [3.05, 3.63) is 60.2 Å². The number of hydrogen-bond donors (Lipinski definition) is 2. The highest BCUT2D eigenvalue weighted by Crippen LogP contribution is 2.16. The Morgan fingerprint density at radius 1 is 0.958 bits per heavy atom. The SMILES string of the molecule is COc1ccc(OCCNC(=O)CNCCc2ccccc2)cc1. The Morgan fingerprint density at radius 2 is 1.67 bits per heavy atom. The molecule has 0 spiro atoms. The topological polar surface area (TPSA) is 59.6 Å². The molecular weight excluding hydrogens is 304 g/mol. The maximum absolute atomic E-state index is 11.7. The van der Waals surface area contributed by atoms with E-state index in [9.17, 15) is 4.79 Å². The Hall–Kier alpha value is -2.53. The van der Waals surface area contributed by atoms with Crippen molar-refractivity contribution in [2.75, 3.05) is 33.4 Å². The van der Waals surface area contributed by atoms with E-state index < -0.39 is 0 Å². The number of carbonyl (C=O) groups is 1. The summed E-state index contributed by atoms with van der Waals surface area (Å²) >= 11 is 0. The number of methoxy groups -OCH3 is 1. The summed E-state index contributed by atoms with van der Waals surface area (Å²) in [5.74, 6) is 1.52. The lowest BCUT2D eigenvalue weighted by molar-refractivity contribution is -0.120. The standard InChI is InChI=1S/C19H24N2O3/c1-23-17-7-9-18(10-8-17)24-14-13-21-19(22)15-20-12-11-16-5-3-2-4-6-16/h2-10,20H,11-15H2,1H3,(H,21,22). The molecule has 5 heteroatoms.